The number of benzene rings is 2. The number of rotatable bonds is 9. The van der Waals surface area contributed by atoms with E-state index < -0.39 is 12.0 Å². The second-order valence-corrected chi connectivity index (χ2v) is 10.8. The third-order valence-electron chi connectivity index (χ3n) is 7.39. The van der Waals surface area contributed by atoms with Crippen LogP contribution in [0, 0.1) is 6.92 Å². The molecule has 0 spiro atoms. The van der Waals surface area contributed by atoms with E-state index in [0.717, 1.165) is 22.2 Å². The number of allylic oxidation sites excluding steroid dienone is 1. The SMILES string of the molecule is CCOC(=O)Cn1c(C)c(/C=c2\sc3n(c2=O)[C@H](c2ccc(OC)c(OC)c2)C(C(=O)OCC)=C(C)N=3)c2ccccc21. The number of esters is 2. The highest BCUT2D eigenvalue weighted by molar-refractivity contribution is 7.07. The monoisotopic (exact) mass is 603 g/mol. The maximum absolute atomic E-state index is 14.2. The van der Waals surface area contributed by atoms with Crippen molar-refractivity contribution in [1.29, 1.82) is 0 Å². The number of hydrogen-bond acceptors (Lipinski definition) is 9. The van der Waals surface area contributed by atoms with E-state index >= 15 is 0 Å². The molecule has 2 aromatic carbocycles. The van der Waals surface area contributed by atoms with Gasteiger partial charge in [0.25, 0.3) is 5.56 Å². The summed E-state index contributed by atoms with van der Waals surface area (Å²) in [4.78, 5) is 45.0. The van der Waals surface area contributed by atoms with E-state index in [9.17, 15) is 14.4 Å². The van der Waals surface area contributed by atoms with Gasteiger partial charge in [0.15, 0.2) is 16.3 Å². The molecule has 4 aromatic rings. The fourth-order valence-corrected chi connectivity index (χ4v) is 6.47. The number of ether oxygens (including phenoxy) is 4. The third-order valence-corrected chi connectivity index (χ3v) is 8.37. The maximum Gasteiger partial charge on any atom is 0.338 e. The van der Waals surface area contributed by atoms with Crippen molar-refractivity contribution >= 4 is 40.3 Å². The van der Waals surface area contributed by atoms with Crippen molar-refractivity contribution in [2.75, 3.05) is 27.4 Å². The molecule has 0 radical (unpaired) electrons. The van der Waals surface area contributed by atoms with Gasteiger partial charge in [-0.15, -0.1) is 0 Å². The van der Waals surface area contributed by atoms with Crippen LogP contribution in [0.4, 0.5) is 0 Å². The molecule has 2 aromatic heterocycles. The Morgan fingerprint density at radius 2 is 1.72 bits per heavy atom. The third kappa shape index (κ3) is 5.36. The first-order valence-electron chi connectivity index (χ1n) is 13.9. The first-order chi connectivity index (χ1) is 20.7. The quantitative estimate of drug-likeness (QED) is 0.269. The number of thiazole rings is 1. The number of nitrogens with zero attached hydrogens (tertiary/aromatic N) is 3. The number of para-hydroxylation sites is 1. The zero-order valence-corrected chi connectivity index (χ0v) is 25.7. The Morgan fingerprint density at radius 3 is 2.42 bits per heavy atom. The number of hydrogen-bond donors (Lipinski definition) is 0. The topological polar surface area (TPSA) is 110 Å². The lowest BCUT2D eigenvalue weighted by atomic mass is 9.95. The smallest absolute Gasteiger partial charge is 0.338 e. The second-order valence-electron chi connectivity index (χ2n) is 9.82. The van der Waals surface area contributed by atoms with Gasteiger partial charge in [-0.25, -0.2) is 9.79 Å². The molecular formula is C32H33N3O7S. The minimum atomic E-state index is -0.802. The van der Waals surface area contributed by atoms with E-state index in [4.69, 9.17) is 18.9 Å². The minimum Gasteiger partial charge on any atom is -0.493 e. The predicted octanol–water partition coefficient (Wildman–Crippen LogP) is 3.64. The second kappa shape index (κ2) is 12.3. The van der Waals surface area contributed by atoms with E-state index in [0.29, 0.717) is 38.7 Å². The number of aromatic nitrogens is 2. The van der Waals surface area contributed by atoms with E-state index in [2.05, 4.69) is 4.99 Å². The molecule has 1 aliphatic heterocycles. The highest BCUT2D eigenvalue weighted by atomic mass is 32.1. The lowest BCUT2D eigenvalue weighted by molar-refractivity contribution is -0.143. The summed E-state index contributed by atoms with van der Waals surface area (Å²) >= 11 is 1.24. The average molecular weight is 604 g/mol. The summed E-state index contributed by atoms with van der Waals surface area (Å²) in [5, 5.41) is 0.898. The molecule has 5 rings (SSSR count). The number of fused-ring (bicyclic) bond motifs is 2. The van der Waals surface area contributed by atoms with Gasteiger partial charge in [-0.05, 0) is 57.5 Å². The molecule has 43 heavy (non-hydrogen) atoms. The highest BCUT2D eigenvalue weighted by Crippen LogP contribution is 2.36. The van der Waals surface area contributed by atoms with Crippen molar-refractivity contribution in [3.05, 3.63) is 90.2 Å². The van der Waals surface area contributed by atoms with Crippen molar-refractivity contribution in [2.24, 2.45) is 4.99 Å². The molecule has 0 saturated heterocycles. The van der Waals surface area contributed by atoms with Crippen LogP contribution in [-0.4, -0.2) is 48.5 Å². The lowest BCUT2D eigenvalue weighted by Crippen LogP contribution is -2.40. The van der Waals surface area contributed by atoms with Crippen LogP contribution < -0.4 is 24.4 Å². The van der Waals surface area contributed by atoms with Crippen LogP contribution in [0.15, 0.2) is 63.5 Å². The van der Waals surface area contributed by atoms with E-state index in [1.165, 1.54) is 23.0 Å². The number of carbonyl (C=O) groups excluding carboxylic acids is 2. The molecule has 10 nitrogen and oxygen atoms in total. The van der Waals surface area contributed by atoms with Crippen LogP contribution in [0.3, 0.4) is 0 Å². The molecule has 11 heteroatoms. The van der Waals surface area contributed by atoms with Gasteiger partial charge in [0, 0.05) is 22.2 Å². The van der Waals surface area contributed by atoms with Crippen LogP contribution in [0.1, 0.15) is 43.6 Å². The lowest BCUT2D eigenvalue weighted by Gasteiger charge is -2.25. The molecule has 0 saturated carbocycles. The Kier molecular flexibility index (Phi) is 8.54. The average Bonchev–Trinajstić information content (AvgIpc) is 3.44. The molecule has 3 heterocycles. The van der Waals surface area contributed by atoms with Crippen LogP contribution in [0.2, 0.25) is 0 Å². The van der Waals surface area contributed by atoms with Crippen molar-refractivity contribution in [2.45, 2.75) is 40.3 Å². The van der Waals surface area contributed by atoms with Crippen molar-refractivity contribution in [1.82, 2.24) is 9.13 Å². The van der Waals surface area contributed by atoms with Gasteiger partial charge >= 0.3 is 11.9 Å². The zero-order valence-electron chi connectivity index (χ0n) is 24.9. The molecule has 0 fully saturated rings. The van der Waals surface area contributed by atoms with Crippen molar-refractivity contribution in [3.8, 4) is 11.5 Å². The van der Waals surface area contributed by atoms with Crippen LogP contribution in [0.25, 0.3) is 17.0 Å². The number of methoxy groups -OCH3 is 2. The van der Waals surface area contributed by atoms with Gasteiger partial charge < -0.3 is 23.5 Å². The van der Waals surface area contributed by atoms with Gasteiger partial charge in [0.1, 0.15) is 6.54 Å². The van der Waals surface area contributed by atoms with Crippen molar-refractivity contribution in [3.63, 3.8) is 0 Å². The summed E-state index contributed by atoms with van der Waals surface area (Å²) < 4.78 is 25.4. The van der Waals surface area contributed by atoms with Crippen LogP contribution >= 0.6 is 11.3 Å². The Hall–Kier alpha value is -4.64. The van der Waals surface area contributed by atoms with Gasteiger partial charge in [-0.3, -0.25) is 14.2 Å². The largest absolute Gasteiger partial charge is 0.493 e. The summed E-state index contributed by atoms with van der Waals surface area (Å²) in [7, 11) is 3.07. The Balaban J connectivity index is 1.74. The van der Waals surface area contributed by atoms with Crippen molar-refractivity contribution < 1.29 is 28.5 Å². The van der Waals surface area contributed by atoms with E-state index in [1.54, 1.807) is 46.1 Å². The normalized spacial score (nSPS) is 14.8. The molecular weight excluding hydrogens is 570 g/mol. The maximum atomic E-state index is 14.2. The van der Waals surface area contributed by atoms with Crippen LogP contribution in [-0.2, 0) is 25.6 Å². The molecule has 0 aliphatic carbocycles. The van der Waals surface area contributed by atoms with Gasteiger partial charge in [0.05, 0.1) is 49.3 Å². The van der Waals surface area contributed by atoms with Gasteiger partial charge in [-0.1, -0.05) is 35.6 Å². The van der Waals surface area contributed by atoms with E-state index in [1.807, 2.05) is 41.8 Å². The molecule has 0 unspecified atom stereocenters. The molecule has 0 amide bonds. The Bertz CT molecular complexity index is 1950. The zero-order chi connectivity index (χ0) is 30.8. The highest BCUT2D eigenvalue weighted by Gasteiger charge is 2.34. The van der Waals surface area contributed by atoms with Crippen LogP contribution in [0.5, 0.6) is 11.5 Å². The molecule has 1 aliphatic rings. The summed E-state index contributed by atoms with van der Waals surface area (Å²) in [5.41, 5.74) is 3.57. The molecule has 1 atom stereocenters. The number of carbonyl (C=O) groups is 2. The fourth-order valence-electron chi connectivity index (χ4n) is 5.44. The Morgan fingerprint density at radius 1 is 1.00 bits per heavy atom. The van der Waals surface area contributed by atoms with E-state index in [-0.39, 0.29) is 30.3 Å². The molecule has 0 bridgehead atoms. The first kappa shape index (κ1) is 29.8. The first-order valence-corrected chi connectivity index (χ1v) is 14.7. The molecule has 224 valence electrons. The summed E-state index contributed by atoms with van der Waals surface area (Å²) in [6.45, 7) is 7.68. The fraction of sp³-hybridized carbons (Fsp3) is 0.312. The molecule has 0 N–H and O–H groups in total. The minimum absolute atomic E-state index is 0.0523. The summed E-state index contributed by atoms with van der Waals surface area (Å²) in [6, 6.07) is 12.2. The standard InChI is InChI=1S/C32H33N3O7S/c1-7-41-27(36)17-34-19(4)22(21-11-9-10-12-23(21)34)16-26-30(37)35-29(20-13-14-24(39-5)25(15-20)40-6)28(31(38)42-8-2)18(3)33-32(35)43-26/h9-16,29H,7-8,17H2,1-6H3/b26-16-/t29-/m1/s1. The van der Waals surface area contributed by atoms with Gasteiger partial charge in [-0.2, -0.15) is 0 Å². The summed E-state index contributed by atoms with van der Waals surface area (Å²) in [6.07, 6.45) is 1.83. The Labute approximate surface area is 252 Å². The van der Waals surface area contributed by atoms with Gasteiger partial charge in [0.2, 0.25) is 0 Å². The summed E-state index contributed by atoms with van der Waals surface area (Å²) in [5.74, 6) is 0.0987. The predicted molar refractivity (Wildman–Crippen MR) is 163 cm³/mol.